The Labute approximate surface area is 95.5 Å². The van der Waals surface area contributed by atoms with Crippen LogP contribution in [-0.4, -0.2) is 17.6 Å². The average molecular weight is 217 g/mol. The monoisotopic (exact) mass is 217 g/mol. The summed E-state index contributed by atoms with van der Waals surface area (Å²) in [6.45, 7) is 2.12. The molecule has 0 spiro atoms. The highest BCUT2D eigenvalue weighted by atomic mass is 16.3. The molecule has 0 heterocycles. The molecular weight excluding hydrogens is 202 g/mol. The molecule has 0 aliphatic rings. The molecule has 1 aromatic carbocycles. The van der Waals surface area contributed by atoms with Gasteiger partial charge >= 0.3 is 0 Å². The SMILES string of the molecule is CC(=O)NCCC#Cc1ccc(CO)cc1. The van der Waals surface area contributed by atoms with Crippen LogP contribution in [0.2, 0.25) is 0 Å². The van der Waals surface area contributed by atoms with E-state index in [2.05, 4.69) is 17.2 Å². The maximum atomic E-state index is 10.6. The van der Waals surface area contributed by atoms with Crippen molar-refractivity contribution in [2.45, 2.75) is 20.0 Å². The highest BCUT2D eigenvalue weighted by Gasteiger charge is 1.90. The first kappa shape index (κ1) is 12.3. The zero-order valence-corrected chi connectivity index (χ0v) is 9.29. The Kier molecular flexibility index (Phi) is 5.10. The fraction of sp³-hybridized carbons (Fsp3) is 0.308. The van der Waals surface area contributed by atoms with Crippen LogP contribution >= 0.6 is 0 Å². The lowest BCUT2D eigenvalue weighted by molar-refractivity contribution is -0.118. The van der Waals surface area contributed by atoms with E-state index in [0.29, 0.717) is 13.0 Å². The van der Waals surface area contributed by atoms with Crippen molar-refractivity contribution >= 4 is 5.91 Å². The van der Waals surface area contributed by atoms with Gasteiger partial charge < -0.3 is 10.4 Å². The standard InChI is InChI=1S/C13H15NO2/c1-11(16)14-9-3-2-4-12-5-7-13(10-15)8-6-12/h5-8,15H,3,9-10H2,1H3,(H,14,16). The number of aliphatic hydroxyl groups is 1. The summed E-state index contributed by atoms with van der Waals surface area (Å²) in [5.41, 5.74) is 1.80. The Morgan fingerprint density at radius 1 is 1.38 bits per heavy atom. The van der Waals surface area contributed by atoms with Gasteiger partial charge in [0.25, 0.3) is 0 Å². The third-order valence-electron chi connectivity index (χ3n) is 1.99. The molecule has 3 nitrogen and oxygen atoms in total. The van der Waals surface area contributed by atoms with Crippen LogP contribution in [0.1, 0.15) is 24.5 Å². The van der Waals surface area contributed by atoms with Gasteiger partial charge in [0.2, 0.25) is 5.91 Å². The van der Waals surface area contributed by atoms with Gasteiger partial charge in [-0.15, -0.1) is 0 Å². The summed E-state index contributed by atoms with van der Waals surface area (Å²) < 4.78 is 0. The Hall–Kier alpha value is -1.79. The van der Waals surface area contributed by atoms with E-state index in [4.69, 9.17) is 5.11 Å². The Morgan fingerprint density at radius 3 is 2.62 bits per heavy atom. The van der Waals surface area contributed by atoms with Gasteiger partial charge in [-0.1, -0.05) is 24.0 Å². The fourth-order valence-electron chi connectivity index (χ4n) is 1.16. The van der Waals surface area contributed by atoms with Crippen molar-refractivity contribution in [3.63, 3.8) is 0 Å². The molecule has 0 fully saturated rings. The smallest absolute Gasteiger partial charge is 0.216 e. The number of hydrogen-bond acceptors (Lipinski definition) is 2. The van der Waals surface area contributed by atoms with Gasteiger partial charge in [0.1, 0.15) is 0 Å². The largest absolute Gasteiger partial charge is 0.392 e. The molecule has 0 bridgehead atoms. The fourth-order valence-corrected chi connectivity index (χ4v) is 1.16. The number of benzene rings is 1. The van der Waals surface area contributed by atoms with Crippen LogP contribution in [0.15, 0.2) is 24.3 Å². The normalized spacial score (nSPS) is 9.12. The van der Waals surface area contributed by atoms with Gasteiger partial charge in [0.15, 0.2) is 0 Å². The average Bonchev–Trinajstić information content (AvgIpc) is 2.29. The molecule has 1 rings (SSSR count). The molecule has 1 aromatic rings. The van der Waals surface area contributed by atoms with Gasteiger partial charge in [-0.3, -0.25) is 4.79 Å². The first-order valence-corrected chi connectivity index (χ1v) is 5.15. The second-order valence-electron chi connectivity index (χ2n) is 3.39. The van der Waals surface area contributed by atoms with Crippen LogP contribution < -0.4 is 5.32 Å². The van der Waals surface area contributed by atoms with Crippen LogP contribution in [0.25, 0.3) is 0 Å². The zero-order valence-electron chi connectivity index (χ0n) is 9.29. The minimum atomic E-state index is -0.0332. The molecule has 0 unspecified atom stereocenters. The molecule has 0 radical (unpaired) electrons. The minimum absolute atomic E-state index is 0.0332. The quantitative estimate of drug-likeness (QED) is 0.587. The van der Waals surface area contributed by atoms with Crippen molar-refractivity contribution < 1.29 is 9.90 Å². The molecule has 0 aliphatic heterocycles. The molecular formula is C13H15NO2. The van der Waals surface area contributed by atoms with E-state index in [1.807, 2.05) is 24.3 Å². The molecule has 0 aromatic heterocycles. The Morgan fingerprint density at radius 2 is 2.06 bits per heavy atom. The number of aliphatic hydroxyl groups excluding tert-OH is 1. The van der Waals surface area contributed by atoms with E-state index in [1.165, 1.54) is 6.92 Å². The van der Waals surface area contributed by atoms with Crippen LogP contribution in [0, 0.1) is 11.8 Å². The second kappa shape index (κ2) is 6.65. The summed E-state index contributed by atoms with van der Waals surface area (Å²) >= 11 is 0. The predicted molar refractivity (Wildman–Crippen MR) is 62.5 cm³/mol. The van der Waals surface area contributed by atoms with Crippen molar-refractivity contribution in [2.75, 3.05) is 6.54 Å². The maximum Gasteiger partial charge on any atom is 0.216 e. The van der Waals surface area contributed by atoms with E-state index in [0.717, 1.165) is 11.1 Å². The Bertz CT molecular complexity index is 398. The first-order chi connectivity index (χ1) is 7.72. The maximum absolute atomic E-state index is 10.6. The van der Waals surface area contributed by atoms with E-state index < -0.39 is 0 Å². The van der Waals surface area contributed by atoms with Crippen LogP contribution in [0.4, 0.5) is 0 Å². The molecule has 2 N–H and O–H groups in total. The number of carbonyl (C=O) groups is 1. The van der Waals surface area contributed by atoms with Gasteiger partial charge in [0, 0.05) is 25.5 Å². The molecule has 1 amide bonds. The van der Waals surface area contributed by atoms with E-state index in [1.54, 1.807) is 0 Å². The molecule has 16 heavy (non-hydrogen) atoms. The van der Waals surface area contributed by atoms with E-state index in [-0.39, 0.29) is 12.5 Å². The predicted octanol–water partition coefficient (Wildman–Crippen LogP) is 1.06. The second-order valence-corrected chi connectivity index (χ2v) is 3.39. The summed E-state index contributed by atoms with van der Waals surface area (Å²) in [4.78, 5) is 10.6. The summed E-state index contributed by atoms with van der Waals surface area (Å²) in [6.07, 6.45) is 0.640. The van der Waals surface area contributed by atoms with Crippen LogP contribution in [0.3, 0.4) is 0 Å². The molecule has 0 saturated heterocycles. The van der Waals surface area contributed by atoms with Crippen molar-refractivity contribution in [1.82, 2.24) is 5.32 Å². The Balaban J connectivity index is 2.41. The number of amides is 1. The molecule has 0 atom stereocenters. The van der Waals surface area contributed by atoms with Crippen molar-refractivity contribution in [2.24, 2.45) is 0 Å². The number of rotatable bonds is 3. The zero-order chi connectivity index (χ0) is 11.8. The van der Waals surface area contributed by atoms with Crippen molar-refractivity contribution in [3.8, 4) is 11.8 Å². The molecule has 3 heteroatoms. The lowest BCUT2D eigenvalue weighted by Crippen LogP contribution is -2.20. The third-order valence-corrected chi connectivity index (χ3v) is 1.99. The van der Waals surface area contributed by atoms with Gasteiger partial charge in [0.05, 0.1) is 6.61 Å². The number of nitrogens with one attached hydrogen (secondary N) is 1. The number of hydrogen-bond donors (Lipinski definition) is 2. The van der Waals surface area contributed by atoms with E-state index in [9.17, 15) is 4.79 Å². The highest BCUT2D eigenvalue weighted by Crippen LogP contribution is 2.02. The third kappa shape index (κ3) is 4.63. The molecule has 84 valence electrons. The topological polar surface area (TPSA) is 49.3 Å². The van der Waals surface area contributed by atoms with Crippen LogP contribution in [0.5, 0.6) is 0 Å². The summed E-state index contributed by atoms with van der Waals surface area (Å²) in [5.74, 6) is 5.92. The molecule has 0 aliphatic carbocycles. The van der Waals surface area contributed by atoms with Gasteiger partial charge in [-0.2, -0.15) is 0 Å². The van der Waals surface area contributed by atoms with Gasteiger partial charge in [-0.05, 0) is 17.7 Å². The van der Waals surface area contributed by atoms with Crippen LogP contribution in [-0.2, 0) is 11.4 Å². The van der Waals surface area contributed by atoms with Crippen molar-refractivity contribution in [3.05, 3.63) is 35.4 Å². The minimum Gasteiger partial charge on any atom is -0.392 e. The molecule has 0 saturated carbocycles. The van der Waals surface area contributed by atoms with E-state index >= 15 is 0 Å². The summed E-state index contributed by atoms with van der Waals surface area (Å²) in [5, 5.41) is 11.5. The summed E-state index contributed by atoms with van der Waals surface area (Å²) in [6, 6.07) is 7.43. The lowest BCUT2D eigenvalue weighted by Gasteiger charge is -1.96. The van der Waals surface area contributed by atoms with Crippen molar-refractivity contribution in [1.29, 1.82) is 0 Å². The highest BCUT2D eigenvalue weighted by molar-refractivity contribution is 5.72. The number of carbonyl (C=O) groups excluding carboxylic acids is 1. The first-order valence-electron chi connectivity index (χ1n) is 5.15. The van der Waals surface area contributed by atoms with Gasteiger partial charge in [-0.25, -0.2) is 0 Å². The lowest BCUT2D eigenvalue weighted by atomic mass is 10.1. The summed E-state index contributed by atoms with van der Waals surface area (Å²) in [7, 11) is 0.